The molecule has 2 aromatic rings. The molecular formula is C13H16N2OS. The van der Waals surface area contributed by atoms with Gasteiger partial charge in [-0.3, -0.25) is 0 Å². The van der Waals surface area contributed by atoms with E-state index in [1.807, 2.05) is 17.6 Å². The molecule has 0 spiro atoms. The molecule has 1 N–H and O–H groups in total. The van der Waals surface area contributed by atoms with Gasteiger partial charge in [-0.1, -0.05) is 12.1 Å². The highest BCUT2D eigenvalue weighted by atomic mass is 32.1. The fraction of sp³-hybridized carbons (Fsp3) is 0.308. The van der Waals surface area contributed by atoms with Crippen molar-refractivity contribution in [3.05, 3.63) is 46.4 Å². The highest BCUT2D eigenvalue weighted by Gasteiger charge is 2.06. The number of nitrogens with zero attached hydrogens (tertiary/aromatic N) is 1. The average Bonchev–Trinajstić information content (AvgIpc) is 2.89. The summed E-state index contributed by atoms with van der Waals surface area (Å²) in [5.74, 6) is 0.893. The molecule has 4 heteroatoms. The van der Waals surface area contributed by atoms with E-state index in [0.717, 1.165) is 18.0 Å². The summed E-state index contributed by atoms with van der Waals surface area (Å²) in [7, 11) is 1.69. The van der Waals surface area contributed by atoms with E-state index >= 15 is 0 Å². The first-order valence-electron chi connectivity index (χ1n) is 5.54. The number of hydrogen-bond donors (Lipinski definition) is 1. The quantitative estimate of drug-likeness (QED) is 0.883. The number of aromatic nitrogens is 1. The highest BCUT2D eigenvalue weighted by Crippen LogP contribution is 2.19. The standard InChI is InChI=1S/C13H16N2OS/c1-10(14-7-12-8-17-9-15-12)11-4-3-5-13(6-11)16-2/h3-6,8-10,14H,7H2,1-2H3. The number of ether oxygens (including phenoxy) is 1. The first-order chi connectivity index (χ1) is 8.29. The normalized spacial score (nSPS) is 12.4. The van der Waals surface area contributed by atoms with Crippen LogP contribution in [0, 0.1) is 0 Å². The Morgan fingerprint density at radius 2 is 2.35 bits per heavy atom. The molecule has 17 heavy (non-hydrogen) atoms. The van der Waals surface area contributed by atoms with E-state index in [0.29, 0.717) is 0 Å². The molecule has 3 nitrogen and oxygen atoms in total. The summed E-state index contributed by atoms with van der Waals surface area (Å²) in [5.41, 5.74) is 4.16. The van der Waals surface area contributed by atoms with Crippen molar-refractivity contribution >= 4 is 11.3 Å². The van der Waals surface area contributed by atoms with Gasteiger partial charge in [0.05, 0.1) is 18.3 Å². The minimum atomic E-state index is 0.284. The van der Waals surface area contributed by atoms with Crippen LogP contribution < -0.4 is 10.1 Å². The lowest BCUT2D eigenvalue weighted by Gasteiger charge is -2.14. The molecule has 0 bridgehead atoms. The van der Waals surface area contributed by atoms with E-state index in [4.69, 9.17) is 4.74 Å². The maximum Gasteiger partial charge on any atom is 0.119 e. The predicted molar refractivity (Wildman–Crippen MR) is 70.4 cm³/mol. The number of rotatable bonds is 5. The summed E-state index contributed by atoms with van der Waals surface area (Å²) in [6.07, 6.45) is 0. The minimum Gasteiger partial charge on any atom is -0.497 e. The van der Waals surface area contributed by atoms with Crippen molar-refractivity contribution in [3.63, 3.8) is 0 Å². The van der Waals surface area contributed by atoms with Crippen LogP contribution in [0.1, 0.15) is 24.2 Å². The Balaban J connectivity index is 1.96. The molecule has 0 amide bonds. The van der Waals surface area contributed by atoms with Crippen molar-refractivity contribution in [2.24, 2.45) is 0 Å². The van der Waals surface area contributed by atoms with E-state index in [1.165, 1.54) is 5.56 Å². The number of benzene rings is 1. The van der Waals surface area contributed by atoms with Gasteiger partial charge in [0.25, 0.3) is 0 Å². The van der Waals surface area contributed by atoms with Gasteiger partial charge < -0.3 is 10.1 Å². The van der Waals surface area contributed by atoms with Gasteiger partial charge in [-0.15, -0.1) is 11.3 Å². The lowest BCUT2D eigenvalue weighted by atomic mass is 10.1. The van der Waals surface area contributed by atoms with Crippen LogP contribution >= 0.6 is 11.3 Å². The van der Waals surface area contributed by atoms with Gasteiger partial charge >= 0.3 is 0 Å². The minimum absolute atomic E-state index is 0.284. The molecular weight excluding hydrogens is 232 g/mol. The molecule has 0 aliphatic carbocycles. The van der Waals surface area contributed by atoms with E-state index in [2.05, 4.69) is 34.7 Å². The van der Waals surface area contributed by atoms with Crippen LogP contribution in [-0.2, 0) is 6.54 Å². The van der Waals surface area contributed by atoms with Crippen LogP contribution in [0.25, 0.3) is 0 Å². The van der Waals surface area contributed by atoms with Gasteiger partial charge in [0, 0.05) is 18.0 Å². The number of hydrogen-bond acceptors (Lipinski definition) is 4. The molecule has 1 unspecified atom stereocenters. The monoisotopic (exact) mass is 248 g/mol. The first-order valence-corrected chi connectivity index (χ1v) is 6.48. The zero-order chi connectivity index (χ0) is 12.1. The Hall–Kier alpha value is -1.39. The Morgan fingerprint density at radius 3 is 3.06 bits per heavy atom. The Labute approximate surface area is 105 Å². The Bertz CT molecular complexity index is 456. The summed E-state index contributed by atoms with van der Waals surface area (Å²) >= 11 is 1.62. The molecule has 1 aromatic carbocycles. The molecule has 0 saturated heterocycles. The second-order valence-electron chi connectivity index (χ2n) is 3.86. The maximum absolute atomic E-state index is 5.22. The maximum atomic E-state index is 5.22. The van der Waals surface area contributed by atoms with Gasteiger partial charge in [0.15, 0.2) is 0 Å². The van der Waals surface area contributed by atoms with E-state index in [1.54, 1.807) is 18.4 Å². The Kier molecular flexibility index (Phi) is 4.12. The third-order valence-electron chi connectivity index (χ3n) is 2.67. The number of thiazole rings is 1. The summed E-state index contributed by atoms with van der Waals surface area (Å²) in [6.45, 7) is 2.93. The fourth-order valence-electron chi connectivity index (χ4n) is 1.61. The molecule has 0 fully saturated rings. The zero-order valence-electron chi connectivity index (χ0n) is 10.0. The lowest BCUT2D eigenvalue weighted by molar-refractivity contribution is 0.413. The predicted octanol–water partition coefficient (Wildman–Crippen LogP) is 3.00. The summed E-state index contributed by atoms with van der Waals surface area (Å²) in [5, 5.41) is 5.50. The lowest BCUT2D eigenvalue weighted by Crippen LogP contribution is -2.18. The van der Waals surface area contributed by atoms with Gasteiger partial charge in [0.1, 0.15) is 5.75 Å². The summed E-state index contributed by atoms with van der Waals surface area (Å²) < 4.78 is 5.22. The second-order valence-corrected chi connectivity index (χ2v) is 4.58. The number of nitrogens with one attached hydrogen (secondary N) is 1. The molecule has 0 aliphatic rings. The van der Waals surface area contributed by atoms with Crippen molar-refractivity contribution in [2.45, 2.75) is 19.5 Å². The molecule has 1 heterocycles. The molecule has 90 valence electrons. The van der Waals surface area contributed by atoms with Crippen molar-refractivity contribution < 1.29 is 4.74 Å². The van der Waals surface area contributed by atoms with Crippen molar-refractivity contribution in [2.75, 3.05) is 7.11 Å². The molecule has 0 saturated carbocycles. The van der Waals surface area contributed by atoms with Crippen LogP contribution in [0.5, 0.6) is 5.75 Å². The van der Waals surface area contributed by atoms with Crippen LogP contribution in [0.4, 0.5) is 0 Å². The largest absolute Gasteiger partial charge is 0.497 e. The molecule has 1 atom stereocenters. The smallest absolute Gasteiger partial charge is 0.119 e. The average molecular weight is 248 g/mol. The van der Waals surface area contributed by atoms with Crippen LogP contribution in [0.3, 0.4) is 0 Å². The first kappa shape index (κ1) is 12.1. The summed E-state index contributed by atoms with van der Waals surface area (Å²) in [4.78, 5) is 4.25. The molecule has 0 aliphatic heterocycles. The van der Waals surface area contributed by atoms with Gasteiger partial charge in [-0.25, -0.2) is 4.98 Å². The van der Waals surface area contributed by atoms with Crippen molar-refractivity contribution in [1.29, 1.82) is 0 Å². The Morgan fingerprint density at radius 1 is 1.47 bits per heavy atom. The van der Waals surface area contributed by atoms with Gasteiger partial charge in [0.2, 0.25) is 0 Å². The summed E-state index contributed by atoms with van der Waals surface area (Å²) in [6, 6.07) is 8.40. The van der Waals surface area contributed by atoms with Crippen LogP contribution in [0.15, 0.2) is 35.2 Å². The third-order valence-corrected chi connectivity index (χ3v) is 3.30. The molecule has 2 rings (SSSR count). The van der Waals surface area contributed by atoms with E-state index < -0.39 is 0 Å². The van der Waals surface area contributed by atoms with Gasteiger partial charge in [-0.2, -0.15) is 0 Å². The second kappa shape index (κ2) is 5.80. The third kappa shape index (κ3) is 3.28. The molecule has 0 radical (unpaired) electrons. The van der Waals surface area contributed by atoms with E-state index in [9.17, 15) is 0 Å². The van der Waals surface area contributed by atoms with Crippen molar-refractivity contribution in [1.82, 2.24) is 10.3 Å². The van der Waals surface area contributed by atoms with Crippen molar-refractivity contribution in [3.8, 4) is 5.75 Å². The highest BCUT2D eigenvalue weighted by molar-refractivity contribution is 7.07. The van der Waals surface area contributed by atoms with E-state index in [-0.39, 0.29) is 6.04 Å². The molecule has 1 aromatic heterocycles. The van der Waals surface area contributed by atoms with Crippen LogP contribution in [0.2, 0.25) is 0 Å². The zero-order valence-corrected chi connectivity index (χ0v) is 10.8. The van der Waals surface area contributed by atoms with Gasteiger partial charge in [-0.05, 0) is 24.6 Å². The van der Waals surface area contributed by atoms with Crippen LogP contribution in [-0.4, -0.2) is 12.1 Å². The fourth-order valence-corrected chi connectivity index (χ4v) is 2.17. The topological polar surface area (TPSA) is 34.1 Å². The SMILES string of the molecule is COc1cccc(C(C)NCc2cscn2)c1. The number of methoxy groups -OCH3 is 1.